The Bertz CT molecular complexity index is 186. The summed E-state index contributed by atoms with van der Waals surface area (Å²) in [7, 11) is 3.42. The summed E-state index contributed by atoms with van der Waals surface area (Å²) in [4.78, 5) is 12.9. The fourth-order valence-corrected chi connectivity index (χ4v) is 1.54. The molecule has 1 saturated heterocycles. The number of β-amino-alcohol motifs (C(OH)–C–C–N with tert-alkyl or cyclic N) is 1. The summed E-state index contributed by atoms with van der Waals surface area (Å²) in [6, 6.07) is 0. The van der Waals surface area contributed by atoms with Crippen LogP contribution in [-0.4, -0.2) is 48.7 Å². The Hall–Kier alpha value is -0.610. The minimum Gasteiger partial charge on any atom is -0.388 e. The first-order chi connectivity index (χ1) is 6.03. The van der Waals surface area contributed by atoms with Crippen molar-refractivity contribution < 1.29 is 9.90 Å². The Morgan fingerprint density at radius 3 is 2.77 bits per heavy atom. The maximum Gasteiger partial charge on any atom is 0.224 e. The third-order valence-corrected chi connectivity index (χ3v) is 2.43. The highest BCUT2D eigenvalue weighted by Gasteiger charge is 2.32. The van der Waals surface area contributed by atoms with E-state index in [1.165, 1.54) is 4.90 Å². The molecule has 0 saturated carbocycles. The number of nitrogens with one attached hydrogen (secondary N) is 1. The minimum absolute atomic E-state index is 0.00815. The van der Waals surface area contributed by atoms with Gasteiger partial charge in [-0.25, -0.2) is 0 Å². The molecule has 1 fully saturated rings. The van der Waals surface area contributed by atoms with Crippen molar-refractivity contribution in [1.29, 1.82) is 0 Å². The molecule has 0 unspecified atom stereocenters. The standard InChI is InChI=1S/C9H18N2O2/c1-11(2)8(12)6-9(13)4-3-5-10-7-9/h10,13H,3-7H2,1-2H3/t9-/m1/s1. The van der Waals surface area contributed by atoms with E-state index in [0.29, 0.717) is 6.54 Å². The lowest BCUT2D eigenvalue weighted by atomic mass is 9.90. The zero-order valence-corrected chi connectivity index (χ0v) is 8.34. The Labute approximate surface area is 78.9 Å². The molecule has 1 atom stereocenters. The second-order valence-electron chi connectivity index (χ2n) is 3.97. The Kier molecular flexibility index (Phi) is 3.27. The van der Waals surface area contributed by atoms with Crippen LogP contribution in [0.25, 0.3) is 0 Å². The van der Waals surface area contributed by atoms with Crippen molar-refractivity contribution in [2.45, 2.75) is 24.9 Å². The fourth-order valence-electron chi connectivity index (χ4n) is 1.54. The molecule has 4 nitrogen and oxygen atoms in total. The van der Waals surface area contributed by atoms with E-state index in [4.69, 9.17) is 0 Å². The number of carbonyl (C=O) groups excluding carboxylic acids is 1. The van der Waals surface area contributed by atoms with Crippen LogP contribution in [0.1, 0.15) is 19.3 Å². The predicted molar refractivity (Wildman–Crippen MR) is 50.4 cm³/mol. The van der Waals surface area contributed by atoms with Crippen LogP contribution in [0.5, 0.6) is 0 Å². The summed E-state index contributed by atoms with van der Waals surface area (Å²) in [6.07, 6.45) is 1.89. The second kappa shape index (κ2) is 4.07. The van der Waals surface area contributed by atoms with Gasteiger partial charge in [0.1, 0.15) is 0 Å². The van der Waals surface area contributed by atoms with Gasteiger partial charge in [0.2, 0.25) is 5.91 Å². The lowest BCUT2D eigenvalue weighted by molar-refractivity contribution is -0.134. The third-order valence-electron chi connectivity index (χ3n) is 2.43. The van der Waals surface area contributed by atoms with E-state index in [0.717, 1.165) is 19.4 Å². The van der Waals surface area contributed by atoms with E-state index in [1.807, 2.05) is 0 Å². The van der Waals surface area contributed by atoms with E-state index in [1.54, 1.807) is 14.1 Å². The number of piperidine rings is 1. The lowest BCUT2D eigenvalue weighted by Crippen LogP contribution is -2.48. The minimum atomic E-state index is -0.820. The normalized spacial score (nSPS) is 28.5. The smallest absolute Gasteiger partial charge is 0.224 e. The lowest BCUT2D eigenvalue weighted by Gasteiger charge is -2.32. The summed E-state index contributed by atoms with van der Waals surface area (Å²) >= 11 is 0. The van der Waals surface area contributed by atoms with Crippen molar-refractivity contribution in [2.24, 2.45) is 0 Å². The number of hydrogen-bond acceptors (Lipinski definition) is 3. The molecular weight excluding hydrogens is 168 g/mol. The number of rotatable bonds is 2. The van der Waals surface area contributed by atoms with Gasteiger partial charge in [0, 0.05) is 20.6 Å². The average molecular weight is 186 g/mol. The molecule has 1 amide bonds. The van der Waals surface area contributed by atoms with Crippen LogP contribution in [0, 0.1) is 0 Å². The van der Waals surface area contributed by atoms with Crippen LogP contribution in [0.4, 0.5) is 0 Å². The molecule has 13 heavy (non-hydrogen) atoms. The molecule has 4 heteroatoms. The van der Waals surface area contributed by atoms with Gasteiger partial charge in [-0.3, -0.25) is 4.79 Å². The predicted octanol–water partition coefficient (Wildman–Crippen LogP) is -0.421. The van der Waals surface area contributed by atoms with Crippen molar-refractivity contribution in [3.63, 3.8) is 0 Å². The first kappa shape index (κ1) is 10.5. The van der Waals surface area contributed by atoms with Crippen LogP contribution in [-0.2, 0) is 4.79 Å². The monoisotopic (exact) mass is 186 g/mol. The van der Waals surface area contributed by atoms with Gasteiger partial charge in [0.05, 0.1) is 12.0 Å². The van der Waals surface area contributed by atoms with Crippen molar-refractivity contribution in [2.75, 3.05) is 27.2 Å². The molecule has 1 rings (SSSR count). The summed E-state index contributed by atoms with van der Waals surface area (Å²) in [6.45, 7) is 1.48. The summed E-state index contributed by atoms with van der Waals surface area (Å²) in [5, 5.41) is 13.1. The molecular formula is C9H18N2O2. The highest BCUT2D eigenvalue weighted by Crippen LogP contribution is 2.20. The molecule has 1 heterocycles. The van der Waals surface area contributed by atoms with Crippen LogP contribution in [0.15, 0.2) is 0 Å². The van der Waals surface area contributed by atoms with Gasteiger partial charge in [-0.2, -0.15) is 0 Å². The van der Waals surface area contributed by atoms with Gasteiger partial charge < -0.3 is 15.3 Å². The van der Waals surface area contributed by atoms with Crippen LogP contribution < -0.4 is 5.32 Å². The Balaban J connectivity index is 2.45. The Morgan fingerprint density at radius 1 is 1.62 bits per heavy atom. The van der Waals surface area contributed by atoms with Gasteiger partial charge in [-0.15, -0.1) is 0 Å². The van der Waals surface area contributed by atoms with E-state index >= 15 is 0 Å². The molecule has 0 aliphatic carbocycles. The first-order valence-electron chi connectivity index (χ1n) is 4.67. The number of aliphatic hydroxyl groups is 1. The molecule has 0 spiro atoms. The SMILES string of the molecule is CN(C)C(=O)C[C@]1(O)CCCNC1. The average Bonchev–Trinajstić information content (AvgIpc) is 2.04. The zero-order chi connectivity index (χ0) is 9.90. The van der Waals surface area contributed by atoms with Gasteiger partial charge in [-0.1, -0.05) is 0 Å². The molecule has 0 radical (unpaired) electrons. The molecule has 0 aromatic heterocycles. The highest BCUT2D eigenvalue weighted by atomic mass is 16.3. The van der Waals surface area contributed by atoms with Crippen molar-refractivity contribution in [3.05, 3.63) is 0 Å². The summed E-state index contributed by atoms with van der Waals surface area (Å²) in [5.74, 6) is -0.00815. The molecule has 76 valence electrons. The quantitative estimate of drug-likeness (QED) is 0.616. The van der Waals surface area contributed by atoms with Gasteiger partial charge >= 0.3 is 0 Å². The molecule has 1 aliphatic rings. The van der Waals surface area contributed by atoms with Crippen LogP contribution in [0.3, 0.4) is 0 Å². The molecule has 0 aromatic carbocycles. The molecule has 1 aliphatic heterocycles. The number of nitrogens with zero attached hydrogens (tertiary/aromatic N) is 1. The number of amides is 1. The van der Waals surface area contributed by atoms with E-state index < -0.39 is 5.60 Å². The van der Waals surface area contributed by atoms with Crippen LogP contribution >= 0.6 is 0 Å². The molecule has 0 bridgehead atoms. The fraction of sp³-hybridized carbons (Fsp3) is 0.889. The maximum atomic E-state index is 11.4. The Morgan fingerprint density at radius 2 is 2.31 bits per heavy atom. The van der Waals surface area contributed by atoms with E-state index in [9.17, 15) is 9.90 Å². The number of carbonyl (C=O) groups is 1. The van der Waals surface area contributed by atoms with Crippen molar-refractivity contribution in [1.82, 2.24) is 10.2 Å². The largest absolute Gasteiger partial charge is 0.388 e. The number of hydrogen-bond donors (Lipinski definition) is 2. The van der Waals surface area contributed by atoms with E-state index in [2.05, 4.69) is 5.32 Å². The zero-order valence-electron chi connectivity index (χ0n) is 8.34. The first-order valence-corrected chi connectivity index (χ1v) is 4.67. The van der Waals surface area contributed by atoms with Crippen LogP contribution in [0.2, 0.25) is 0 Å². The summed E-state index contributed by atoms with van der Waals surface area (Å²) in [5.41, 5.74) is -0.820. The highest BCUT2D eigenvalue weighted by molar-refractivity contribution is 5.76. The van der Waals surface area contributed by atoms with E-state index in [-0.39, 0.29) is 12.3 Å². The van der Waals surface area contributed by atoms with Gasteiger partial charge in [0.15, 0.2) is 0 Å². The topological polar surface area (TPSA) is 52.6 Å². The maximum absolute atomic E-state index is 11.4. The molecule has 2 N–H and O–H groups in total. The summed E-state index contributed by atoms with van der Waals surface area (Å²) < 4.78 is 0. The third kappa shape index (κ3) is 2.97. The molecule has 0 aromatic rings. The van der Waals surface area contributed by atoms with Crippen molar-refractivity contribution >= 4 is 5.91 Å². The second-order valence-corrected chi connectivity index (χ2v) is 3.97. The van der Waals surface area contributed by atoms with Gasteiger partial charge in [0.25, 0.3) is 0 Å². The van der Waals surface area contributed by atoms with Gasteiger partial charge in [-0.05, 0) is 19.4 Å². The van der Waals surface area contributed by atoms with Crippen molar-refractivity contribution in [3.8, 4) is 0 Å².